The van der Waals surface area contributed by atoms with Gasteiger partial charge in [-0.05, 0) is 19.3 Å². The van der Waals surface area contributed by atoms with Crippen LogP contribution in [0.1, 0.15) is 29.6 Å². The van der Waals surface area contributed by atoms with Gasteiger partial charge in [0.15, 0.2) is 0 Å². The minimum Gasteiger partial charge on any atom is -0.325 e. The van der Waals surface area contributed by atoms with E-state index in [9.17, 15) is 0 Å². The molecule has 1 aliphatic heterocycles. The lowest BCUT2D eigenvalue weighted by atomic mass is 10.0. The third-order valence-corrected chi connectivity index (χ3v) is 3.61. The van der Waals surface area contributed by atoms with Crippen molar-refractivity contribution in [1.29, 1.82) is 0 Å². The molecule has 4 heteroatoms. The molecular weight excluding hydrogens is 194 g/mol. The van der Waals surface area contributed by atoms with Crippen molar-refractivity contribution < 1.29 is 0 Å². The molecule has 0 saturated carbocycles. The molecule has 3 heterocycles. The second-order valence-corrected chi connectivity index (χ2v) is 4.50. The van der Waals surface area contributed by atoms with Crippen molar-refractivity contribution in [2.24, 2.45) is 0 Å². The van der Waals surface area contributed by atoms with Gasteiger partial charge in [-0.15, -0.1) is 11.3 Å². The second-order valence-electron chi connectivity index (χ2n) is 3.57. The average Bonchev–Trinajstić information content (AvgIpc) is 2.88. The number of hydrogen-bond donors (Lipinski definition) is 0. The van der Waals surface area contributed by atoms with Crippen LogP contribution in [0.5, 0.6) is 0 Å². The molecule has 2 aromatic heterocycles. The summed E-state index contributed by atoms with van der Waals surface area (Å²) in [6.07, 6.45) is 9.38. The highest BCUT2D eigenvalue weighted by Gasteiger charge is 2.22. The Kier molecular flexibility index (Phi) is 1.87. The van der Waals surface area contributed by atoms with Crippen molar-refractivity contribution in [3.05, 3.63) is 34.8 Å². The highest BCUT2D eigenvalue weighted by Crippen LogP contribution is 2.31. The maximum absolute atomic E-state index is 4.39. The smallest absolute Gasteiger partial charge is 0.115 e. The molecule has 0 saturated heterocycles. The van der Waals surface area contributed by atoms with Gasteiger partial charge in [0.2, 0.25) is 0 Å². The minimum atomic E-state index is 0.432. The molecule has 1 unspecified atom stereocenters. The van der Waals surface area contributed by atoms with Gasteiger partial charge in [-0.25, -0.2) is 9.97 Å². The lowest BCUT2D eigenvalue weighted by Gasteiger charge is -2.23. The van der Waals surface area contributed by atoms with Gasteiger partial charge in [-0.2, -0.15) is 0 Å². The van der Waals surface area contributed by atoms with Crippen LogP contribution >= 0.6 is 11.3 Å². The van der Waals surface area contributed by atoms with Crippen LogP contribution in [0.25, 0.3) is 0 Å². The van der Waals surface area contributed by atoms with Crippen LogP contribution < -0.4 is 0 Å². The Labute approximate surface area is 86.4 Å². The molecule has 0 fully saturated rings. The van der Waals surface area contributed by atoms with E-state index in [1.807, 2.05) is 24.1 Å². The number of aryl methyl sites for hydroxylation is 1. The van der Waals surface area contributed by atoms with Gasteiger partial charge in [0, 0.05) is 23.5 Å². The summed E-state index contributed by atoms with van der Waals surface area (Å²) in [5.41, 5.74) is 1.34. The number of fused-ring (bicyclic) bond motifs is 1. The summed E-state index contributed by atoms with van der Waals surface area (Å²) in [6.45, 7) is 0. The van der Waals surface area contributed by atoms with Crippen LogP contribution in [0.3, 0.4) is 0 Å². The van der Waals surface area contributed by atoms with Crippen molar-refractivity contribution >= 4 is 11.3 Å². The Hall–Kier alpha value is -1.16. The lowest BCUT2D eigenvalue weighted by molar-refractivity contribution is 0.456. The topological polar surface area (TPSA) is 30.7 Å². The van der Waals surface area contributed by atoms with E-state index in [1.54, 1.807) is 11.3 Å². The number of hydrogen-bond acceptors (Lipinski definition) is 3. The van der Waals surface area contributed by atoms with Gasteiger partial charge in [-0.3, -0.25) is 0 Å². The molecule has 14 heavy (non-hydrogen) atoms. The predicted molar refractivity (Wildman–Crippen MR) is 55.4 cm³/mol. The molecule has 0 spiro atoms. The van der Waals surface area contributed by atoms with E-state index in [1.165, 1.54) is 23.5 Å². The van der Waals surface area contributed by atoms with Gasteiger partial charge in [0.25, 0.3) is 0 Å². The molecule has 1 atom stereocenters. The van der Waals surface area contributed by atoms with Crippen LogP contribution in [-0.2, 0) is 6.42 Å². The highest BCUT2D eigenvalue weighted by molar-refractivity contribution is 7.09. The average molecular weight is 205 g/mol. The Bertz CT molecular complexity index is 418. The SMILES string of the molecule is c1csc(C2CCCc3cncn32)n1. The van der Waals surface area contributed by atoms with E-state index in [0.29, 0.717) is 6.04 Å². The molecule has 0 N–H and O–H groups in total. The third-order valence-electron chi connectivity index (χ3n) is 2.73. The van der Waals surface area contributed by atoms with Gasteiger partial charge in [0.1, 0.15) is 5.01 Å². The van der Waals surface area contributed by atoms with Gasteiger partial charge in [0.05, 0.1) is 12.4 Å². The zero-order chi connectivity index (χ0) is 9.38. The molecule has 0 aromatic carbocycles. The molecular formula is C10H11N3S. The first-order valence-electron chi connectivity index (χ1n) is 4.85. The molecule has 3 rings (SSSR count). The van der Waals surface area contributed by atoms with E-state index in [4.69, 9.17) is 0 Å². The van der Waals surface area contributed by atoms with Crippen LogP contribution in [0.2, 0.25) is 0 Å². The van der Waals surface area contributed by atoms with Crippen LogP contribution in [-0.4, -0.2) is 14.5 Å². The lowest BCUT2D eigenvalue weighted by Crippen LogP contribution is -2.17. The second kappa shape index (κ2) is 3.20. The number of thiazole rings is 1. The summed E-state index contributed by atoms with van der Waals surface area (Å²) >= 11 is 1.74. The summed E-state index contributed by atoms with van der Waals surface area (Å²) < 4.78 is 2.27. The van der Waals surface area contributed by atoms with Crippen LogP contribution in [0.15, 0.2) is 24.1 Å². The summed E-state index contributed by atoms with van der Waals surface area (Å²) in [4.78, 5) is 8.59. The molecule has 0 bridgehead atoms. The van der Waals surface area contributed by atoms with Crippen molar-refractivity contribution in [3.63, 3.8) is 0 Å². The minimum absolute atomic E-state index is 0.432. The molecule has 1 aliphatic rings. The normalized spacial score (nSPS) is 20.7. The Morgan fingerprint density at radius 3 is 3.36 bits per heavy atom. The quantitative estimate of drug-likeness (QED) is 0.715. The maximum atomic E-state index is 4.39. The van der Waals surface area contributed by atoms with Crippen LogP contribution in [0, 0.1) is 0 Å². The van der Waals surface area contributed by atoms with Crippen LogP contribution in [0.4, 0.5) is 0 Å². The van der Waals surface area contributed by atoms with E-state index in [2.05, 4.69) is 14.5 Å². The first-order chi connectivity index (χ1) is 6.95. The Morgan fingerprint density at radius 2 is 2.50 bits per heavy atom. The zero-order valence-electron chi connectivity index (χ0n) is 7.76. The highest BCUT2D eigenvalue weighted by atomic mass is 32.1. The molecule has 3 nitrogen and oxygen atoms in total. The number of nitrogens with zero attached hydrogens (tertiary/aromatic N) is 3. The molecule has 0 amide bonds. The Balaban J connectivity index is 2.04. The van der Waals surface area contributed by atoms with Crippen molar-refractivity contribution in [2.75, 3.05) is 0 Å². The largest absolute Gasteiger partial charge is 0.325 e. The number of rotatable bonds is 1. The number of imidazole rings is 1. The predicted octanol–water partition coefficient (Wildman–Crippen LogP) is 2.27. The molecule has 72 valence electrons. The molecule has 0 radical (unpaired) electrons. The fourth-order valence-electron chi connectivity index (χ4n) is 2.06. The fourth-order valence-corrected chi connectivity index (χ4v) is 2.83. The van der Waals surface area contributed by atoms with E-state index in [0.717, 1.165) is 6.42 Å². The molecule has 0 aliphatic carbocycles. The summed E-state index contributed by atoms with van der Waals surface area (Å²) in [6, 6.07) is 0.432. The van der Waals surface area contributed by atoms with Gasteiger partial charge in [-0.1, -0.05) is 0 Å². The Morgan fingerprint density at radius 1 is 1.50 bits per heavy atom. The van der Waals surface area contributed by atoms with E-state index >= 15 is 0 Å². The van der Waals surface area contributed by atoms with E-state index < -0.39 is 0 Å². The molecule has 2 aromatic rings. The standard InChI is InChI=1S/C10H11N3S/c1-2-8-6-11-7-13(8)9(3-1)10-12-4-5-14-10/h4-7,9H,1-3H2. The van der Waals surface area contributed by atoms with Crippen molar-refractivity contribution in [3.8, 4) is 0 Å². The third kappa shape index (κ3) is 1.18. The first-order valence-corrected chi connectivity index (χ1v) is 5.73. The maximum Gasteiger partial charge on any atom is 0.115 e. The summed E-state index contributed by atoms with van der Waals surface area (Å²) in [7, 11) is 0. The first kappa shape index (κ1) is 8.17. The van der Waals surface area contributed by atoms with Gasteiger partial charge >= 0.3 is 0 Å². The summed E-state index contributed by atoms with van der Waals surface area (Å²) in [5, 5.41) is 3.25. The van der Waals surface area contributed by atoms with Crippen molar-refractivity contribution in [1.82, 2.24) is 14.5 Å². The van der Waals surface area contributed by atoms with Crippen molar-refractivity contribution in [2.45, 2.75) is 25.3 Å². The monoisotopic (exact) mass is 205 g/mol. The zero-order valence-corrected chi connectivity index (χ0v) is 8.57. The number of aromatic nitrogens is 3. The summed E-state index contributed by atoms with van der Waals surface area (Å²) in [5.74, 6) is 0. The van der Waals surface area contributed by atoms with E-state index in [-0.39, 0.29) is 0 Å². The van der Waals surface area contributed by atoms with Gasteiger partial charge < -0.3 is 4.57 Å². The fraction of sp³-hybridized carbons (Fsp3) is 0.400.